The highest BCUT2D eigenvalue weighted by Crippen LogP contribution is 2.31. The Hall–Kier alpha value is -3.16. The Morgan fingerprint density at radius 2 is 1.90 bits per heavy atom. The van der Waals surface area contributed by atoms with Gasteiger partial charge >= 0.3 is 0 Å². The number of ether oxygens (including phenoxy) is 1. The Balaban J connectivity index is 2.11. The number of nitrogens with one attached hydrogen (secondary N) is 1. The van der Waals surface area contributed by atoms with Crippen molar-refractivity contribution in [1.82, 2.24) is 10.3 Å². The molecule has 1 amide bonds. The van der Waals surface area contributed by atoms with Gasteiger partial charge in [0.2, 0.25) is 11.8 Å². The van der Waals surface area contributed by atoms with Crippen LogP contribution in [0.1, 0.15) is 32.6 Å². The first-order valence-electron chi connectivity index (χ1n) is 9.99. The van der Waals surface area contributed by atoms with Crippen molar-refractivity contribution in [1.29, 1.82) is 0 Å². The molecule has 0 spiro atoms. The Morgan fingerprint density at radius 1 is 1.23 bits per heavy atom. The maximum Gasteiger partial charge on any atom is 0.227 e. The van der Waals surface area contributed by atoms with Crippen molar-refractivity contribution < 1.29 is 14.3 Å². The van der Waals surface area contributed by atoms with Gasteiger partial charge in [-0.3, -0.25) is 19.6 Å². The van der Waals surface area contributed by atoms with Gasteiger partial charge in [-0.25, -0.2) is 0 Å². The Kier molecular flexibility index (Phi) is 8.58. The van der Waals surface area contributed by atoms with Gasteiger partial charge in [-0.2, -0.15) is 5.10 Å². The van der Waals surface area contributed by atoms with Crippen LogP contribution in [0.5, 0.6) is 0 Å². The van der Waals surface area contributed by atoms with Crippen molar-refractivity contribution in [2.75, 3.05) is 26.2 Å². The molecule has 1 aromatic carbocycles. The van der Waals surface area contributed by atoms with Crippen molar-refractivity contribution in [2.45, 2.75) is 32.6 Å². The van der Waals surface area contributed by atoms with Crippen LogP contribution in [0.3, 0.4) is 0 Å². The van der Waals surface area contributed by atoms with Gasteiger partial charge in [-0.1, -0.05) is 24.6 Å². The van der Waals surface area contributed by atoms with Gasteiger partial charge in [0.15, 0.2) is 6.29 Å². The molecule has 0 saturated heterocycles. The molecule has 0 heterocycles. The summed E-state index contributed by atoms with van der Waals surface area (Å²) in [6.45, 7) is 5.17. The second-order valence-corrected chi connectivity index (χ2v) is 7.33. The first-order chi connectivity index (χ1) is 14.4. The van der Waals surface area contributed by atoms with Crippen LogP contribution in [-0.4, -0.2) is 51.0 Å². The number of methoxy groups -OCH3 is 1. The van der Waals surface area contributed by atoms with E-state index in [2.05, 4.69) is 22.2 Å². The molecule has 1 aliphatic carbocycles. The lowest BCUT2D eigenvalue weighted by Gasteiger charge is -2.33. The summed E-state index contributed by atoms with van der Waals surface area (Å²) >= 11 is 0. The quantitative estimate of drug-likeness (QED) is 0.233. The van der Waals surface area contributed by atoms with Crippen molar-refractivity contribution in [3.63, 3.8) is 0 Å². The van der Waals surface area contributed by atoms with Gasteiger partial charge in [-0.05, 0) is 38.3 Å². The molecule has 1 aromatic rings. The van der Waals surface area contributed by atoms with Gasteiger partial charge in [0.05, 0.1) is 18.5 Å². The normalized spacial score (nSPS) is 19.9. The molecule has 1 aliphatic rings. The summed E-state index contributed by atoms with van der Waals surface area (Å²) < 4.78 is 5.31. The smallest absolute Gasteiger partial charge is 0.227 e. The van der Waals surface area contributed by atoms with E-state index in [4.69, 9.17) is 4.74 Å². The van der Waals surface area contributed by atoms with E-state index in [9.17, 15) is 9.59 Å². The summed E-state index contributed by atoms with van der Waals surface area (Å²) in [5.41, 5.74) is 1.86. The van der Waals surface area contributed by atoms with E-state index in [-0.39, 0.29) is 23.4 Å². The molecule has 0 aromatic heterocycles. The number of aldehydes is 1. The van der Waals surface area contributed by atoms with E-state index in [1.165, 1.54) is 0 Å². The third kappa shape index (κ3) is 5.68. The Bertz CT molecular complexity index is 806. The molecule has 0 radical (unpaired) electrons. The van der Waals surface area contributed by atoms with Crippen molar-refractivity contribution in [3.8, 4) is 0 Å². The highest BCUT2D eigenvalue weighted by Gasteiger charge is 2.31. The predicted molar refractivity (Wildman–Crippen MR) is 119 cm³/mol. The summed E-state index contributed by atoms with van der Waals surface area (Å²) in [4.78, 5) is 24.7. The molecule has 0 bridgehead atoms. The average molecular weight is 414 g/mol. The molecule has 1 fully saturated rings. The molecule has 162 valence electrons. The predicted octanol–water partition coefficient (Wildman–Crippen LogP) is 2.98. The number of hydrazine groups is 1. The van der Waals surface area contributed by atoms with Crippen molar-refractivity contribution >= 4 is 30.5 Å². The number of carbonyl (C=O) groups is 2. The fourth-order valence-electron chi connectivity index (χ4n) is 3.67. The minimum atomic E-state index is -0.228. The highest BCUT2D eigenvalue weighted by atomic mass is 16.5. The number of amides is 1. The minimum Gasteiger partial charge on any atom is -0.483 e. The Morgan fingerprint density at radius 3 is 2.50 bits per heavy atom. The maximum atomic E-state index is 12.9. The van der Waals surface area contributed by atoms with Crippen molar-refractivity contribution in [2.24, 2.45) is 22.0 Å². The van der Waals surface area contributed by atoms with E-state index >= 15 is 0 Å². The summed E-state index contributed by atoms with van der Waals surface area (Å²) in [5.74, 6) is 0.114. The fraction of sp³-hybridized carbons (Fsp3) is 0.455. The summed E-state index contributed by atoms with van der Waals surface area (Å²) in [6.07, 6.45) is 3.79. The lowest BCUT2D eigenvalue weighted by Crippen LogP contribution is -2.40. The number of para-hydroxylation sites is 1. The van der Waals surface area contributed by atoms with Crippen LogP contribution in [0.15, 0.2) is 51.9 Å². The third-order valence-electron chi connectivity index (χ3n) is 5.60. The SMILES string of the molecule is C=N/N=C(\OC)C1CCCC(C(=O)N/C(C=O)=C(\C)N(C)N(C)c2ccccc2)C1. The number of carbonyl (C=O) groups excluding carboxylic acids is 2. The summed E-state index contributed by atoms with van der Waals surface area (Å²) in [7, 11) is 5.29. The van der Waals surface area contributed by atoms with Gasteiger partial charge in [0, 0.05) is 32.6 Å². The molecule has 30 heavy (non-hydrogen) atoms. The number of hydrogen-bond donors (Lipinski definition) is 1. The molecular weight excluding hydrogens is 382 g/mol. The lowest BCUT2D eigenvalue weighted by molar-refractivity contribution is -0.126. The molecule has 0 aliphatic heterocycles. The van der Waals surface area contributed by atoms with Gasteiger partial charge in [-0.15, -0.1) is 5.10 Å². The fourth-order valence-corrected chi connectivity index (χ4v) is 3.67. The first-order valence-corrected chi connectivity index (χ1v) is 9.99. The monoisotopic (exact) mass is 413 g/mol. The molecule has 1 N–H and O–H groups in total. The highest BCUT2D eigenvalue weighted by molar-refractivity contribution is 5.88. The number of hydrogen-bond acceptors (Lipinski definition) is 7. The molecule has 2 rings (SSSR count). The average Bonchev–Trinajstić information content (AvgIpc) is 2.80. The molecule has 8 heteroatoms. The minimum absolute atomic E-state index is 0.0154. The van der Waals surface area contributed by atoms with Crippen molar-refractivity contribution in [3.05, 3.63) is 41.7 Å². The summed E-state index contributed by atoms with van der Waals surface area (Å²) in [5, 5.41) is 14.0. The maximum absolute atomic E-state index is 12.9. The van der Waals surface area contributed by atoms with E-state index in [0.717, 1.165) is 24.9 Å². The van der Waals surface area contributed by atoms with Gasteiger partial charge < -0.3 is 10.1 Å². The second-order valence-electron chi connectivity index (χ2n) is 7.33. The van der Waals surface area contributed by atoms with E-state index in [1.54, 1.807) is 14.0 Å². The number of rotatable bonds is 8. The lowest BCUT2D eigenvalue weighted by atomic mass is 9.80. The Labute approximate surface area is 178 Å². The number of nitrogens with zero attached hydrogens (tertiary/aromatic N) is 4. The molecule has 8 nitrogen and oxygen atoms in total. The second kappa shape index (κ2) is 11.1. The van der Waals surface area contributed by atoms with Crippen LogP contribution in [0, 0.1) is 11.8 Å². The largest absolute Gasteiger partial charge is 0.483 e. The first kappa shape index (κ1) is 23.1. The number of benzene rings is 1. The van der Waals surface area contributed by atoms with E-state index < -0.39 is 0 Å². The molecular formula is C22H31N5O3. The summed E-state index contributed by atoms with van der Waals surface area (Å²) in [6, 6.07) is 9.77. The van der Waals surface area contributed by atoms with Crippen LogP contribution in [0.2, 0.25) is 0 Å². The molecule has 2 unspecified atom stereocenters. The zero-order chi connectivity index (χ0) is 22.1. The van der Waals surface area contributed by atoms with Crippen LogP contribution in [0.25, 0.3) is 0 Å². The van der Waals surface area contributed by atoms with Gasteiger partial charge in [0.25, 0.3) is 0 Å². The standard InChI is InChI=1S/C22H31N5O3/c1-16(26(3)27(4)19-12-7-6-8-13-19)20(15-28)24-21(29)17-10-9-11-18(14-17)22(30-5)25-23-2/h6-8,12-13,15,17-18H,2,9-11,14H2,1,3-5H3,(H,24,29)/b20-16+,25-22-. The number of allylic oxidation sites excluding steroid dienone is 2. The zero-order valence-corrected chi connectivity index (χ0v) is 18.2. The topological polar surface area (TPSA) is 86.6 Å². The van der Waals surface area contributed by atoms with E-state index in [1.807, 2.05) is 54.4 Å². The van der Waals surface area contributed by atoms with Crippen LogP contribution < -0.4 is 10.3 Å². The third-order valence-corrected chi connectivity index (χ3v) is 5.60. The van der Waals surface area contributed by atoms with Crippen LogP contribution >= 0.6 is 0 Å². The molecule has 2 atom stereocenters. The van der Waals surface area contributed by atoms with E-state index in [0.29, 0.717) is 24.3 Å². The molecule has 1 saturated carbocycles. The zero-order valence-electron chi connectivity index (χ0n) is 18.2. The van der Waals surface area contributed by atoms with Crippen LogP contribution in [0.4, 0.5) is 5.69 Å². The number of anilines is 1. The van der Waals surface area contributed by atoms with Crippen LogP contribution in [-0.2, 0) is 14.3 Å². The van der Waals surface area contributed by atoms with Gasteiger partial charge in [0.1, 0.15) is 5.70 Å².